The Balaban J connectivity index is 0.00000500. The molecule has 0 spiro atoms. The zero-order valence-corrected chi connectivity index (χ0v) is 32.1. The van der Waals surface area contributed by atoms with E-state index in [1.54, 1.807) is 0 Å². The Hall–Kier alpha value is -3.84. The predicted octanol–water partition coefficient (Wildman–Crippen LogP) is 2.49. The molecule has 4 aromatic rings. The van der Waals surface area contributed by atoms with Gasteiger partial charge in [-0.05, 0) is 67.2 Å². The van der Waals surface area contributed by atoms with Crippen molar-refractivity contribution in [3.05, 3.63) is 88.7 Å². The molecule has 0 aromatic carbocycles. The van der Waals surface area contributed by atoms with Gasteiger partial charge in [-0.3, -0.25) is 9.59 Å². The van der Waals surface area contributed by atoms with E-state index >= 15 is 0 Å². The topological polar surface area (TPSA) is 109 Å². The molecular weight excluding hydrogens is 642 g/mol. The summed E-state index contributed by atoms with van der Waals surface area (Å²) in [6, 6.07) is 0. The Morgan fingerprint density at radius 2 is 0.915 bits per heavy atom. The van der Waals surface area contributed by atoms with E-state index in [2.05, 4.69) is 52.8 Å². The van der Waals surface area contributed by atoms with Crippen LogP contribution >= 0.6 is 0 Å². The van der Waals surface area contributed by atoms with Gasteiger partial charge in [0.2, 0.25) is 0 Å². The molecule has 1 aliphatic heterocycles. The maximum absolute atomic E-state index is 12.4. The monoisotopic (exact) mass is 684 g/mol. The second kappa shape index (κ2) is 15.4. The Morgan fingerprint density at radius 3 is 1.45 bits per heavy atom. The number of fused-ring (bicyclic) bond motifs is 8. The Kier molecular flexibility index (Phi) is 11.8. The van der Waals surface area contributed by atoms with E-state index in [4.69, 9.17) is 29.4 Å². The molecule has 0 aliphatic carbocycles. The molecule has 0 saturated heterocycles. The van der Waals surface area contributed by atoms with Gasteiger partial charge in [0.15, 0.2) is 0 Å². The average Bonchev–Trinajstić information content (AvgIpc) is 3.68. The zero-order valence-electron chi connectivity index (χ0n) is 29.1. The summed E-state index contributed by atoms with van der Waals surface area (Å²) in [7, 11) is 0. The number of nitrogens with zero attached hydrogens (tertiary/aromatic N) is 4. The van der Waals surface area contributed by atoms with Gasteiger partial charge < -0.3 is 29.4 Å². The minimum absolute atomic E-state index is 0. The number of esters is 2. The molecule has 0 unspecified atom stereocenters. The Labute approximate surface area is 289 Å². The maximum atomic E-state index is 12.4. The quantitative estimate of drug-likeness (QED) is 0.163. The Morgan fingerprint density at radius 1 is 0.511 bits per heavy atom. The smallest absolute Gasteiger partial charge is 0.306 e. The van der Waals surface area contributed by atoms with Gasteiger partial charge in [-0.1, -0.05) is 82.7 Å². The molecular formula is C38H44N4O4Zn-4. The van der Waals surface area contributed by atoms with Crippen LogP contribution in [0.15, 0.2) is 0 Å². The molecule has 4 aromatic heterocycles. The molecule has 0 N–H and O–H groups in total. The molecule has 0 amide bonds. The molecule has 9 heteroatoms. The van der Waals surface area contributed by atoms with Gasteiger partial charge in [-0.2, -0.15) is 0 Å². The molecule has 1 aliphatic rings. The SMILES string of the molecule is CCOC(=O)CCc1c2[n-]c(c1C)/C=c1\[n-]/c(c(CC)c1C)=C\c1[n-]c(c(CC)c1C)/C=c1\[n-]/c(c(CCC(=O)OCC)c1C)=C\2.[Zn]. The summed E-state index contributed by atoms with van der Waals surface area (Å²) < 4.78 is 10.5. The first-order valence-electron chi connectivity index (χ1n) is 16.4. The second-order valence-corrected chi connectivity index (χ2v) is 11.8. The molecule has 246 valence electrons. The van der Waals surface area contributed by atoms with Crippen molar-refractivity contribution in [3.8, 4) is 0 Å². The number of carbonyl (C=O) groups is 2. The van der Waals surface area contributed by atoms with Crippen LogP contribution in [0.5, 0.6) is 0 Å². The zero-order chi connectivity index (χ0) is 33.1. The van der Waals surface area contributed by atoms with E-state index in [-0.39, 0.29) is 44.3 Å². The van der Waals surface area contributed by atoms with Crippen LogP contribution in [0.2, 0.25) is 0 Å². The van der Waals surface area contributed by atoms with E-state index in [0.717, 1.165) is 90.4 Å². The van der Waals surface area contributed by atoms with Gasteiger partial charge in [0, 0.05) is 32.3 Å². The second-order valence-electron chi connectivity index (χ2n) is 11.8. The molecule has 8 bridgehead atoms. The number of aromatic nitrogens is 4. The van der Waals surface area contributed by atoms with E-state index in [0.29, 0.717) is 26.1 Å². The summed E-state index contributed by atoms with van der Waals surface area (Å²) in [5, 5.41) is 3.38. The third kappa shape index (κ3) is 7.35. The summed E-state index contributed by atoms with van der Waals surface area (Å²) in [5.41, 5.74) is 12.0. The maximum Gasteiger partial charge on any atom is 0.306 e. The summed E-state index contributed by atoms with van der Waals surface area (Å²) >= 11 is 0. The van der Waals surface area contributed by atoms with E-state index in [1.807, 2.05) is 26.8 Å². The van der Waals surface area contributed by atoms with Crippen LogP contribution in [0.1, 0.15) is 108 Å². The summed E-state index contributed by atoms with van der Waals surface area (Å²) in [4.78, 5) is 45.3. The van der Waals surface area contributed by atoms with Crippen molar-refractivity contribution < 1.29 is 38.5 Å². The fraction of sp³-hybridized carbons (Fsp3) is 0.421. The van der Waals surface area contributed by atoms with Crippen LogP contribution in [-0.4, -0.2) is 25.2 Å². The van der Waals surface area contributed by atoms with Crippen LogP contribution in [0, 0.1) is 27.7 Å². The fourth-order valence-corrected chi connectivity index (χ4v) is 6.51. The van der Waals surface area contributed by atoms with Crippen LogP contribution in [0.25, 0.3) is 24.3 Å². The van der Waals surface area contributed by atoms with Crippen LogP contribution in [0.4, 0.5) is 0 Å². The van der Waals surface area contributed by atoms with Crippen molar-refractivity contribution in [1.29, 1.82) is 0 Å². The molecule has 0 fully saturated rings. The van der Waals surface area contributed by atoms with E-state index < -0.39 is 0 Å². The predicted molar refractivity (Wildman–Crippen MR) is 179 cm³/mol. The van der Waals surface area contributed by atoms with Crippen LogP contribution < -0.4 is 41.3 Å². The minimum atomic E-state index is -0.239. The van der Waals surface area contributed by atoms with Crippen molar-refractivity contribution in [2.75, 3.05) is 13.2 Å². The third-order valence-corrected chi connectivity index (χ3v) is 9.12. The first-order chi connectivity index (χ1) is 22.1. The largest absolute Gasteiger partial charge is 0.657 e. The van der Waals surface area contributed by atoms with E-state index in [9.17, 15) is 9.59 Å². The van der Waals surface area contributed by atoms with Gasteiger partial charge in [0.25, 0.3) is 0 Å². The number of rotatable bonds is 10. The summed E-state index contributed by atoms with van der Waals surface area (Å²) in [5.74, 6) is -0.478. The van der Waals surface area contributed by atoms with Gasteiger partial charge >= 0.3 is 11.9 Å². The van der Waals surface area contributed by atoms with Crippen molar-refractivity contribution >= 4 is 36.2 Å². The molecule has 5 rings (SSSR count). The molecule has 0 radical (unpaired) electrons. The average molecular weight is 686 g/mol. The van der Waals surface area contributed by atoms with Crippen molar-refractivity contribution in [1.82, 2.24) is 19.9 Å². The third-order valence-electron chi connectivity index (χ3n) is 9.12. The molecule has 5 heterocycles. The standard InChI is InChI=1S/C38H44N4O4.Zn/c1-9-25-21(5)29-17-30-23(7)27(13-15-37(43)45-11-3)35(41-30)20-36-28(14-16-38(44)46-12-4)24(8)32(42-36)19-34-26(10-2)22(6)31(40-34)18-33(25)39-29;/h17-20H,9-16H2,1-8H3;/q-4;/b29-17-,30-17?,31-18?,32-19-,33-18-,34-19?,35-20?,36-20-;. The van der Waals surface area contributed by atoms with Crippen molar-refractivity contribution in [2.24, 2.45) is 0 Å². The molecule has 0 atom stereocenters. The van der Waals surface area contributed by atoms with Crippen LogP contribution in [0.3, 0.4) is 0 Å². The number of hydrogen-bond donors (Lipinski definition) is 0. The minimum Gasteiger partial charge on any atom is -0.657 e. The molecule has 8 nitrogen and oxygen atoms in total. The van der Waals surface area contributed by atoms with Gasteiger partial charge in [0.05, 0.1) is 13.2 Å². The van der Waals surface area contributed by atoms with Gasteiger partial charge in [-0.15, -0.1) is 44.2 Å². The number of hydrogen-bond acceptors (Lipinski definition) is 4. The first-order valence-corrected chi connectivity index (χ1v) is 16.4. The molecule has 47 heavy (non-hydrogen) atoms. The van der Waals surface area contributed by atoms with Gasteiger partial charge in [0.1, 0.15) is 0 Å². The van der Waals surface area contributed by atoms with Crippen molar-refractivity contribution in [2.45, 2.75) is 93.9 Å². The summed E-state index contributed by atoms with van der Waals surface area (Å²) in [6.45, 7) is 17.0. The normalized spacial score (nSPS) is 14.8. The Bertz CT molecular complexity index is 2040. The number of carbonyl (C=O) groups excluding carboxylic acids is 2. The summed E-state index contributed by atoms with van der Waals surface area (Å²) in [6.07, 6.45) is 11.4. The first kappa shape index (κ1) is 36.0. The fourth-order valence-electron chi connectivity index (χ4n) is 6.51. The molecule has 0 saturated carbocycles. The van der Waals surface area contributed by atoms with E-state index in [1.165, 1.54) is 11.1 Å². The van der Waals surface area contributed by atoms with Gasteiger partial charge in [-0.25, -0.2) is 0 Å². The van der Waals surface area contributed by atoms with Crippen LogP contribution in [-0.2, 0) is 64.2 Å². The van der Waals surface area contributed by atoms with Crippen molar-refractivity contribution in [3.63, 3.8) is 0 Å². The number of ether oxygens (including phenoxy) is 2.